The third-order valence-corrected chi connectivity index (χ3v) is 3.70. The van der Waals surface area contributed by atoms with Crippen molar-refractivity contribution in [1.29, 1.82) is 0 Å². The van der Waals surface area contributed by atoms with Crippen molar-refractivity contribution in [3.8, 4) is 0 Å². The van der Waals surface area contributed by atoms with E-state index in [0.717, 1.165) is 11.1 Å². The molecule has 1 atom stereocenters. The highest BCUT2D eigenvalue weighted by Gasteiger charge is 2.23. The first-order valence-corrected chi connectivity index (χ1v) is 7.27. The highest BCUT2D eigenvalue weighted by molar-refractivity contribution is 9.10. The number of nitrogens with one attached hydrogen (secondary N) is 1. The summed E-state index contributed by atoms with van der Waals surface area (Å²) in [4.78, 5) is 0. The van der Waals surface area contributed by atoms with Crippen LogP contribution in [0.5, 0.6) is 0 Å². The fourth-order valence-electron chi connectivity index (χ4n) is 2.31. The van der Waals surface area contributed by atoms with Crippen molar-refractivity contribution in [2.45, 2.75) is 19.9 Å². The van der Waals surface area contributed by atoms with Crippen molar-refractivity contribution in [2.75, 3.05) is 6.54 Å². The van der Waals surface area contributed by atoms with Crippen molar-refractivity contribution in [3.05, 3.63) is 69.2 Å². The zero-order chi connectivity index (χ0) is 14.7. The van der Waals surface area contributed by atoms with Crippen molar-refractivity contribution in [2.24, 2.45) is 0 Å². The lowest BCUT2D eigenvalue weighted by atomic mass is 9.94. The van der Waals surface area contributed by atoms with Gasteiger partial charge in [0.2, 0.25) is 0 Å². The summed E-state index contributed by atoms with van der Waals surface area (Å²) in [6, 6.07) is 9.71. The Kier molecular flexibility index (Phi) is 4.89. The fourth-order valence-corrected chi connectivity index (χ4v) is 2.71. The molecule has 1 nitrogen and oxygen atoms in total. The van der Waals surface area contributed by atoms with Gasteiger partial charge in [0.25, 0.3) is 0 Å². The second-order valence-electron chi connectivity index (χ2n) is 4.63. The molecule has 0 fully saturated rings. The largest absolute Gasteiger partial charge is 0.306 e. The molecule has 0 amide bonds. The average Bonchev–Trinajstić information content (AvgIpc) is 2.37. The number of benzene rings is 2. The maximum absolute atomic E-state index is 14.2. The van der Waals surface area contributed by atoms with Gasteiger partial charge in [-0.25, -0.2) is 8.78 Å². The molecule has 2 rings (SSSR count). The van der Waals surface area contributed by atoms with E-state index in [4.69, 9.17) is 0 Å². The summed E-state index contributed by atoms with van der Waals surface area (Å²) in [5.41, 5.74) is 1.94. The molecule has 0 aliphatic rings. The first kappa shape index (κ1) is 15.1. The van der Waals surface area contributed by atoms with E-state index in [9.17, 15) is 8.78 Å². The molecule has 2 aromatic carbocycles. The molecule has 106 valence electrons. The summed E-state index contributed by atoms with van der Waals surface area (Å²) in [6.45, 7) is 4.47. The van der Waals surface area contributed by atoms with Crippen LogP contribution in [0.4, 0.5) is 8.78 Å². The number of rotatable bonds is 4. The molecule has 0 heterocycles. The zero-order valence-corrected chi connectivity index (χ0v) is 13.0. The Morgan fingerprint density at radius 1 is 1.15 bits per heavy atom. The molecule has 4 heteroatoms. The molecule has 0 spiro atoms. The van der Waals surface area contributed by atoms with E-state index in [1.165, 1.54) is 12.1 Å². The first-order chi connectivity index (χ1) is 9.54. The van der Waals surface area contributed by atoms with Crippen LogP contribution in [0.1, 0.15) is 29.7 Å². The Labute approximate surface area is 126 Å². The van der Waals surface area contributed by atoms with Crippen molar-refractivity contribution in [3.63, 3.8) is 0 Å². The molecule has 0 aromatic heterocycles. The Bertz CT molecular complexity index is 590. The van der Waals surface area contributed by atoms with Gasteiger partial charge in [-0.3, -0.25) is 0 Å². The highest BCUT2D eigenvalue weighted by Crippen LogP contribution is 2.30. The van der Waals surface area contributed by atoms with Crippen LogP contribution in [0.15, 0.2) is 40.9 Å². The molecule has 0 aliphatic carbocycles. The quantitative estimate of drug-likeness (QED) is 0.848. The second-order valence-corrected chi connectivity index (χ2v) is 5.55. The zero-order valence-electron chi connectivity index (χ0n) is 11.4. The van der Waals surface area contributed by atoms with Crippen LogP contribution in [0.2, 0.25) is 0 Å². The molecule has 0 bridgehead atoms. The average molecular weight is 340 g/mol. The molecule has 0 saturated heterocycles. The lowest BCUT2D eigenvalue weighted by Gasteiger charge is -2.22. The summed E-state index contributed by atoms with van der Waals surface area (Å²) in [7, 11) is 0. The van der Waals surface area contributed by atoms with Gasteiger partial charge in [-0.05, 0) is 36.7 Å². The number of aryl methyl sites for hydroxylation is 1. The van der Waals surface area contributed by atoms with E-state index in [0.29, 0.717) is 11.0 Å². The number of halogens is 3. The maximum atomic E-state index is 14.2. The Hall–Kier alpha value is -1.26. The highest BCUT2D eigenvalue weighted by atomic mass is 79.9. The SMILES string of the molecule is CCNC(c1ccccc1C)c1c(F)cc(Br)cc1F. The third kappa shape index (κ3) is 3.07. The second kappa shape index (κ2) is 6.46. The predicted molar refractivity (Wildman–Crippen MR) is 80.8 cm³/mol. The van der Waals surface area contributed by atoms with E-state index in [2.05, 4.69) is 21.2 Å². The lowest BCUT2D eigenvalue weighted by molar-refractivity contribution is 0.508. The minimum Gasteiger partial charge on any atom is -0.306 e. The third-order valence-electron chi connectivity index (χ3n) is 3.24. The predicted octanol–water partition coefficient (Wildman–Crippen LogP) is 4.73. The minimum absolute atomic E-state index is 0.0596. The summed E-state index contributed by atoms with van der Waals surface area (Å²) < 4.78 is 28.8. The van der Waals surface area contributed by atoms with E-state index in [-0.39, 0.29) is 5.56 Å². The van der Waals surface area contributed by atoms with Crippen molar-refractivity contribution in [1.82, 2.24) is 5.32 Å². The van der Waals surface area contributed by atoms with E-state index < -0.39 is 17.7 Å². The van der Waals surface area contributed by atoms with Crippen LogP contribution in [0.3, 0.4) is 0 Å². The standard InChI is InChI=1S/C16H16BrF2N/c1-3-20-16(12-7-5-4-6-10(12)2)15-13(18)8-11(17)9-14(15)19/h4-9,16,20H,3H2,1-2H3. The van der Waals surface area contributed by atoms with Crippen LogP contribution in [-0.2, 0) is 0 Å². The summed E-state index contributed by atoms with van der Waals surface area (Å²) in [5.74, 6) is -1.10. The Morgan fingerprint density at radius 2 is 1.75 bits per heavy atom. The van der Waals surface area contributed by atoms with Gasteiger partial charge in [-0.1, -0.05) is 47.1 Å². The number of hydrogen-bond donors (Lipinski definition) is 1. The summed E-state index contributed by atoms with van der Waals surface area (Å²) >= 11 is 3.11. The van der Waals surface area contributed by atoms with E-state index in [1.54, 1.807) is 0 Å². The molecule has 2 aromatic rings. The molecule has 0 aliphatic heterocycles. The van der Waals surface area contributed by atoms with Crippen molar-refractivity contribution < 1.29 is 8.78 Å². The van der Waals surface area contributed by atoms with Gasteiger partial charge in [-0.15, -0.1) is 0 Å². The van der Waals surface area contributed by atoms with Crippen LogP contribution in [-0.4, -0.2) is 6.54 Å². The van der Waals surface area contributed by atoms with Crippen LogP contribution in [0.25, 0.3) is 0 Å². The summed E-state index contributed by atoms with van der Waals surface area (Å²) in [6.07, 6.45) is 0. The molecule has 0 saturated carbocycles. The molecular formula is C16H16BrF2N. The van der Waals surface area contributed by atoms with E-state index in [1.807, 2.05) is 38.1 Å². The topological polar surface area (TPSA) is 12.0 Å². The van der Waals surface area contributed by atoms with Gasteiger partial charge < -0.3 is 5.32 Å². The van der Waals surface area contributed by atoms with Gasteiger partial charge in [0.15, 0.2) is 0 Å². The summed E-state index contributed by atoms with van der Waals surface area (Å²) in [5, 5.41) is 3.16. The van der Waals surface area contributed by atoms with Gasteiger partial charge in [0.05, 0.1) is 6.04 Å². The van der Waals surface area contributed by atoms with Gasteiger partial charge in [-0.2, -0.15) is 0 Å². The van der Waals surface area contributed by atoms with E-state index >= 15 is 0 Å². The smallest absolute Gasteiger partial charge is 0.132 e. The van der Waals surface area contributed by atoms with Crippen molar-refractivity contribution >= 4 is 15.9 Å². The normalized spacial score (nSPS) is 12.4. The van der Waals surface area contributed by atoms with Crippen LogP contribution < -0.4 is 5.32 Å². The molecule has 20 heavy (non-hydrogen) atoms. The Morgan fingerprint density at radius 3 is 2.30 bits per heavy atom. The maximum Gasteiger partial charge on any atom is 0.132 e. The van der Waals surface area contributed by atoms with Gasteiger partial charge in [0, 0.05) is 10.0 Å². The lowest BCUT2D eigenvalue weighted by Crippen LogP contribution is -2.25. The van der Waals surface area contributed by atoms with Crippen LogP contribution >= 0.6 is 15.9 Å². The molecule has 0 radical (unpaired) electrons. The minimum atomic E-state index is -0.550. The van der Waals surface area contributed by atoms with Crippen LogP contribution in [0, 0.1) is 18.6 Å². The van der Waals surface area contributed by atoms with Gasteiger partial charge >= 0.3 is 0 Å². The first-order valence-electron chi connectivity index (χ1n) is 6.48. The van der Waals surface area contributed by atoms with Gasteiger partial charge in [0.1, 0.15) is 11.6 Å². The Balaban J connectivity index is 2.58. The molecular weight excluding hydrogens is 324 g/mol. The molecule has 1 N–H and O–H groups in total. The number of hydrogen-bond acceptors (Lipinski definition) is 1. The monoisotopic (exact) mass is 339 g/mol. The fraction of sp³-hybridized carbons (Fsp3) is 0.250. The molecule has 1 unspecified atom stereocenters.